The van der Waals surface area contributed by atoms with Crippen LogP contribution in [0.15, 0.2) is 18.2 Å². The van der Waals surface area contributed by atoms with E-state index < -0.39 is 0 Å². The maximum atomic E-state index is 5.51. The van der Waals surface area contributed by atoms with Crippen LogP contribution in [0.1, 0.15) is 38.9 Å². The highest BCUT2D eigenvalue weighted by Crippen LogP contribution is 2.35. The fourth-order valence-corrected chi connectivity index (χ4v) is 1.86. The maximum Gasteiger partial charge on any atom is 0.161 e. The number of rotatable bonds is 8. The van der Waals surface area contributed by atoms with Crippen LogP contribution in [0.2, 0.25) is 0 Å². The standard InChI is InChI=1S/C15H24O4/c1-6-11(3)15(19-18-7-2)12-8-9-13(16-4)14(10-12)17-5/h8-11,15H,6-7H2,1-5H3. The average molecular weight is 268 g/mol. The van der Waals surface area contributed by atoms with Crippen molar-refractivity contribution in [2.24, 2.45) is 5.92 Å². The molecular weight excluding hydrogens is 244 g/mol. The Hall–Kier alpha value is -1.26. The predicted octanol–water partition coefficient (Wildman–Crippen LogP) is 3.76. The van der Waals surface area contributed by atoms with Gasteiger partial charge in [0.05, 0.1) is 20.8 Å². The van der Waals surface area contributed by atoms with Gasteiger partial charge >= 0.3 is 0 Å². The van der Waals surface area contributed by atoms with Crippen molar-refractivity contribution in [3.05, 3.63) is 23.8 Å². The Morgan fingerprint density at radius 2 is 1.74 bits per heavy atom. The second-order valence-corrected chi connectivity index (χ2v) is 4.42. The van der Waals surface area contributed by atoms with Crippen molar-refractivity contribution in [2.75, 3.05) is 20.8 Å². The molecule has 0 aliphatic heterocycles. The lowest BCUT2D eigenvalue weighted by Crippen LogP contribution is -2.14. The summed E-state index contributed by atoms with van der Waals surface area (Å²) in [6, 6.07) is 5.81. The molecule has 0 fully saturated rings. The second kappa shape index (κ2) is 8.02. The second-order valence-electron chi connectivity index (χ2n) is 4.42. The molecule has 0 bridgehead atoms. The third-order valence-electron chi connectivity index (χ3n) is 3.19. The van der Waals surface area contributed by atoms with Gasteiger partial charge in [-0.3, -0.25) is 0 Å². The lowest BCUT2D eigenvalue weighted by molar-refractivity contribution is -0.333. The van der Waals surface area contributed by atoms with Crippen LogP contribution < -0.4 is 9.47 Å². The molecule has 1 rings (SSSR count). The number of methoxy groups -OCH3 is 2. The largest absolute Gasteiger partial charge is 0.493 e. The molecular formula is C15H24O4. The van der Waals surface area contributed by atoms with Crippen molar-refractivity contribution in [3.8, 4) is 11.5 Å². The summed E-state index contributed by atoms with van der Waals surface area (Å²) in [6.45, 7) is 6.70. The number of hydrogen-bond acceptors (Lipinski definition) is 4. The molecule has 0 saturated carbocycles. The Labute approximate surface area is 115 Å². The zero-order valence-electron chi connectivity index (χ0n) is 12.4. The van der Waals surface area contributed by atoms with E-state index in [1.807, 2.05) is 25.1 Å². The minimum Gasteiger partial charge on any atom is -0.493 e. The molecule has 0 aliphatic rings. The highest BCUT2D eigenvalue weighted by molar-refractivity contribution is 5.43. The van der Waals surface area contributed by atoms with Gasteiger partial charge in [-0.05, 0) is 30.5 Å². The first-order valence-electron chi connectivity index (χ1n) is 6.68. The van der Waals surface area contributed by atoms with E-state index in [0.717, 1.165) is 12.0 Å². The number of benzene rings is 1. The molecule has 0 amide bonds. The molecule has 0 saturated heterocycles. The minimum atomic E-state index is -0.107. The molecule has 1 aromatic carbocycles. The van der Waals surface area contributed by atoms with Gasteiger partial charge in [-0.25, -0.2) is 9.78 Å². The van der Waals surface area contributed by atoms with Crippen LogP contribution in [0.25, 0.3) is 0 Å². The van der Waals surface area contributed by atoms with Gasteiger partial charge in [-0.15, -0.1) is 0 Å². The minimum absolute atomic E-state index is 0.107. The number of ether oxygens (including phenoxy) is 2. The van der Waals surface area contributed by atoms with Gasteiger partial charge in [0, 0.05) is 0 Å². The summed E-state index contributed by atoms with van der Waals surface area (Å²) >= 11 is 0. The Morgan fingerprint density at radius 1 is 1.05 bits per heavy atom. The van der Waals surface area contributed by atoms with Gasteiger partial charge < -0.3 is 9.47 Å². The predicted molar refractivity (Wildman–Crippen MR) is 74.5 cm³/mol. The average Bonchev–Trinajstić information content (AvgIpc) is 2.46. The lowest BCUT2D eigenvalue weighted by atomic mass is 9.95. The summed E-state index contributed by atoms with van der Waals surface area (Å²) in [6.07, 6.45) is 0.899. The fourth-order valence-electron chi connectivity index (χ4n) is 1.86. The molecule has 0 heterocycles. The molecule has 0 aromatic heterocycles. The van der Waals surface area contributed by atoms with Gasteiger partial charge in [0.2, 0.25) is 0 Å². The van der Waals surface area contributed by atoms with Crippen molar-refractivity contribution in [3.63, 3.8) is 0 Å². The van der Waals surface area contributed by atoms with Crippen molar-refractivity contribution >= 4 is 0 Å². The van der Waals surface area contributed by atoms with Gasteiger partial charge in [-0.1, -0.05) is 26.3 Å². The van der Waals surface area contributed by atoms with E-state index in [-0.39, 0.29) is 6.10 Å². The molecule has 4 heteroatoms. The van der Waals surface area contributed by atoms with E-state index in [9.17, 15) is 0 Å². The summed E-state index contributed by atoms with van der Waals surface area (Å²) in [5.74, 6) is 1.77. The summed E-state index contributed by atoms with van der Waals surface area (Å²) in [4.78, 5) is 10.6. The highest BCUT2D eigenvalue weighted by atomic mass is 17.2. The lowest BCUT2D eigenvalue weighted by Gasteiger charge is -2.23. The van der Waals surface area contributed by atoms with Crippen LogP contribution in [0.4, 0.5) is 0 Å². The van der Waals surface area contributed by atoms with Gasteiger partial charge in [-0.2, -0.15) is 0 Å². The molecule has 108 valence electrons. The van der Waals surface area contributed by atoms with Crippen molar-refractivity contribution < 1.29 is 19.2 Å². The third kappa shape index (κ3) is 4.11. The van der Waals surface area contributed by atoms with E-state index in [1.165, 1.54) is 0 Å². The molecule has 2 atom stereocenters. The van der Waals surface area contributed by atoms with E-state index in [0.29, 0.717) is 24.0 Å². The summed E-state index contributed by atoms with van der Waals surface area (Å²) in [7, 11) is 3.25. The van der Waals surface area contributed by atoms with Crippen molar-refractivity contribution in [1.29, 1.82) is 0 Å². The van der Waals surface area contributed by atoms with Crippen LogP contribution in [-0.4, -0.2) is 20.8 Å². The molecule has 19 heavy (non-hydrogen) atoms. The van der Waals surface area contributed by atoms with E-state index in [4.69, 9.17) is 19.2 Å². The Morgan fingerprint density at radius 3 is 2.26 bits per heavy atom. The Balaban J connectivity index is 3.00. The van der Waals surface area contributed by atoms with Gasteiger partial charge in [0.25, 0.3) is 0 Å². The van der Waals surface area contributed by atoms with Gasteiger partial charge in [0.1, 0.15) is 6.10 Å². The van der Waals surface area contributed by atoms with Crippen molar-refractivity contribution in [2.45, 2.75) is 33.3 Å². The zero-order valence-corrected chi connectivity index (χ0v) is 12.4. The quantitative estimate of drug-likeness (QED) is 0.531. The zero-order chi connectivity index (χ0) is 14.3. The van der Waals surface area contributed by atoms with Gasteiger partial charge in [0.15, 0.2) is 11.5 Å². The molecule has 1 aromatic rings. The maximum absolute atomic E-state index is 5.51. The normalized spacial score (nSPS) is 13.9. The molecule has 0 spiro atoms. The first kappa shape index (κ1) is 15.8. The molecule has 4 nitrogen and oxygen atoms in total. The summed E-state index contributed by atoms with van der Waals surface area (Å²) in [5.41, 5.74) is 1.03. The van der Waals surface area contributed by atoms with Crippen LogP contribution in [0.5, 0.6) is 11.5 Å². The molecule has 2 unspecified atom stereocenters. The van der Waals surface area contributed by atoms with E-state index in [2.05, 4.69) is 13.8 Å². The van der Waals surface area contributed by atoms with Crippen LogP contribution in [0, 0.1) is 5.92 Å². The monoisotopic (exact) mass is 268 g/mol. The highest BCUT2D eigenvalue weighted by Gasteiger charge is 2.21. The summed E-state index contributed by atoms with van der Waals surface area (Å²) in [5, 5.41) is 0. The topological polar surface area (TPSA) is 36.9 Å². The van der Waals surface area contributed by atoms with Crippen LogP contribution in [-0.2, 0) is 9.78 Å². The van der Waals surface area contributed by atoms with Crippen LogP contribution >= 0.6 is 0 Å². The Bertz CT molecular complexity index is 378. The molecule has 0 N–H and O–H groups in total. The smallest absolute Gasteiger partial charge is 0.161 e. The number of hydrogen-bond donors (Lipinski definition) is 0. The van der Waals surface area contributed by atoms with E-state index in [1.54, 1.807) is 14.2 Å². The summed E-state index contributed by atoms with van der Waals surface area (Å²) < 4.78 is 10.6. The first-order valence-corrected chi connectivity index (χ1v) is 6.68. The third-order valence-corrected chi connectivity index (χ3v) is 3.19. The van der Waals surface area contributed by atoms with Crippen molar-refractivity contribution in [1.82, 2.24) is 0 Å². The Kier molecular flexibility index (Phi) is 6.67. The molecule has 0 aliphatic carbocycles. The first-order chi connectivity index (χ1) is 9.17. The fraction of sp³-hybridized carbons (Fsp3) is 0.600. The van der Waals surface area contributed by atoms with Crippen LogP contribution in [0.3, 0.4) is 0 Å². The SMILES string of the molecule is CCOOC(c1ccc(OC)c(OC)c1)C(C)CC. The van der Waals surface area contributed by atoms with E-state index >= 15 is 0 Å². The molecule has 0 radical (unpaired) electrons.